The number of carbonyl (C=O) groups excluding carboxylic acids is 1. The number of rotatable bonds is 5. The maximum atomic E-state index is 13.1. The van der Waals surface area contributed by atoms with E-state index in [2.05, 4.69) is 15.1 Å². The van der Waals surface area contributed by atoms with E-state index in [9.17, 15) is 14.0 Å². The number of anilines is 1. The van der Waals surface area contributed by atoms with Crippen LogP contribution in [0.5, 0.6) is 0 Å². The molecule has 0 spiro atoms. The fourth-order valence-corrected chi connectivity index (χ4v) is 3.99. The zero-order valence-corrected chi connectivity index (χ0v) is 15.7. The summed E-state index contributed by atoms with van der Waals surface area (Å²) >= 11 is 0. The number of carboxylic acid groups (broad SMARTS) is 1. The third kappa shape index (κ3) is 4.97. The van der Waals surface area contributed by atoms with Crippen LogP contribution in [0.15, 0.2) is 24.3 Å². The lowest BCUT2D eigenvalue weighted by molar-refractivity contribution is -0.142. The van der Waals surface area contributed by atoms with Gasteiger partial charge < -0.3 is 15.3 Å². The van der Waals surface area contributed by atoms with E-state index in [1.54, 1.807) is 12.1 Å². The van der Waals surface area contributed by atoms with E-state index in [0.29, 0.717) is 12.8 Å². The first-order valence-corrected chi connectivity index (χ1v) is 9.72. The third-order valence-corrected chi connectivity index (χ3v) is 5.86. The van der Waals surface area contributed by atoms with Crippen LogP contribution in [-0.4, -0.2) is 60.1 Å². The van der Waals surface area contributed by atoms with Crippen LogP contribution in [0.1, 0.15) is 32.6 Å². The molecule has 0 bridgehead atoms. The maximum absolute atomic E-state index is 13.1. The number of aliphatic carboxylic acids is 1. The quantitative estimate of drug-likeness (QED) is 0.822. The summed E-state index contributed by atoms with van der Waals surface area (Å²) in [5, 5.41) is 12.2. The van der Waals surface area contributed by atoms with Gasteiger partial charge in [0.15, 0.2) is 0 Å². The molecule has 1 aromatic rings. The van der Waals surface area contributed by atoms with Gasteiger partial charge in [-0.25, -0.2) is 4.39 Å². The molecule has 1 unspecified atom stereocenters. The molecule has 1 aromatic carbocycles. The summed E-state index contributed by atoms with van der Waals surface area (Å²) in [5.41, 5.74) is 1.00. The molecule has 1 saturated carbocycles. The minimum atomic E-state index is -0.729. The number of nitrogens with zero attached hydrogens (tertiary/aromatic N) is 2. The Morgan fingerprint density at radius 2 is 1.67 bits per heavy atom. The van der Waals surface area contributed by atoms with Crippen LogP contribution in [-0.2, 0) is 9.59 Å². The fourth-order valence-electron chi connectivity index (χ4n) is 3.99. The summed E-state index contributed by atoms with van der Waals surface area (Å²) < 4.78 is 13.1. The second kappa shape index (κ2) is 8.69. The van der Waals surface area contributed by atoms with Crippen molar-refractivity contribution in [3.8, 4) is 0 Å². The summed E-state index contributed by atoms with van der Waals surface area (Å²) in [6, 6.07) is 6.38. The lowest BCUT2D eigenvalue weighted by Gasteiger charge is -2.39. The molecule has 1 aliphatic heterocycles. The van der Waals surface area contributed by atoms with Crippen LogP contribution in [0.25, 0.3) is 0 Å². The molecule has 0 radical (unpaired) electrons. The lowest BCUT2D eigenvalue weighted by Crippen LogP contribution is -2.55. The molecule has 0 aromatic heterocycles. The Balaban J connectivity index is 1.44. The van der Waals surface area contributed by atoms with Gasteiger partial charge in [0.05, 0.1) is 12.0 Å². The SMILES string of the molecule is CC(C(=O)NC1CCC(C(=O)O)CC1)N1CCN(c2ccc(F)cc2)CC1. The topological polar surface area (TPSA) is 72.9 Å². The average molecular weight is 377 g/mol. The van der Waals surface area contributed by atoms with E-state index in [1.165, 1.54) is 12.1 Å². The highest BCUT2D eigenvalue weighted by Gasteiger charge is 2.30. The van der Waals surface area contributed by atoms with Crippen LogP contribution in [0.2, 0.25) is 0 Å². The van der Waals surface area contributed by atoms with Gasteiger partial charge >= 0.3 is 5.97 Å². The van der Waals surface area contributed by atoms with Gasteiger partial charge in [-0.15, -0.1) is 0 Å². The van der Waals surface area contributed by atoms with Crippen molar-refractivity contribution in [2.24, 2.45) is 5.92 Å². The van der Waals surface area contributed by atoms with E-state index in [4.69, 9.17) is 5.11 Å². The fraction of sp³-hybridized carbons (Fsp3) is 0.600. The third-order valence-electron chi connectivity index (χ3n) is 5.86. The number of halogens is 1. The van der Waals surface area contributed by atoms with Crippen LogP contribution >= 0.6 is 0 Å². The minimum absolute atomic E-state index is 0.0176. The van der Waals surface area contributed by atoms with Crippen LogP contribution in [0, 0.1) is 11.7 Å². The first-order chi connectivity index (χ1) is 12.9. The van der Waals surface area contributed by atoms with Gasteiger partial charge in [0.25, 0.3) is 0 Å². The standard InChI is InChI=1S/C20H28FN3O3/c1-14(19(25)22-17-6-2-15(3-7-17)20(26)27)23-10-12-24(13-11-23)18-8-4-16(21)5-9-18/h4-5,8-9,14-15,17H,2-3,6-7,10-13H2,1H3,(H,22,25)(H,26,27). The van der Waals surface area contributed by atoms with Crippen LogP contribution in [0.3, 0.4) is 0 Å². The number of piperazine rings is 1. The molecule has 2 fully saturated rings. The summed E-state index contributed by atoms with van der Waals surface area (Å²) in [6.45, 7) is 5.07. The highest BCUT2D eigenvalue weighted by Crippen LogP contribution is 2.24. The number of hydrogen-bond acceptors (Lipinski definition) is 4. The normalized spacial score (nSPS) is 25.0. The molecule has 7 heteroatoms. The molecule has 148 valence electrons. The van der Waals surface area contributed by atoms with E-state index >= 15 is 0 Å². The van der Waals surface area contributed by atoms with Gasteiger partial charge in [-0.1, -0.05) is 0 Å². The minimum Gasteiger partial charge on any atom is -0.481 e. The van der Waals surface area contributed by atoms with E-state index in [-0.39, 0.29) is 29.7 Å². The summed E-state index contributed by atoms with van der Waals surface area (Å²) in [4.78, 5) is 28.0. The van der Waals surface area contributed by atoms with Crippen LogP contribution in [0.4, 0.5) is 10.1 Å². The predicted octanol–water partition coefficient (Wildman–Crippen LogP) is 2.10. The molecule has 1 aliphatic carbocycles. The molecule has 1 saturated heterocycles. The average Bonchev–Trinajstić information content (AvgIpc) is 2.68. The summed E-state index contributed by atoms with van der Waals surface area (Å²) in [6.07, 6.45) is 2.72. The molecule has 27 heavy (non-hydrogen) atoms. The molecule has 6 nitrogen and oxygen atoms in total. The van der Waals surface area contributed by atoms with E-state index in [1.807, 2.05) is 6.92 Å². The summed E-state index contributed by atoms with van der Waals surface area (Å²) in [5.74, 6) is -1.22. The van der Waals surface area contributed by atoms with Crippen molar-refractivity contribution in [1.29, 1.82) is 0 Å². The molecular formula is C20H28FN3O3. The monoisotopic (exact) mass is 377 g/mol. The molecule has 1 heterocycles. The number of nitrogens with one attached hydrogen (secondary N) is 1. The maximum Gasteiger partial charge on any atom is 0.306 e. The number of hydrogen-bond donors (Lipinski definition) is 2. The van der Waals surface area contributed by atoms with Crippen molar-refractivity contribution in [3.63, 3.8) is 0 Å². The Hall–Kier alpha value is -2.15. The predicted molar refractivity (Wildman–Crippen MR) is 101 cm³/mol. The van der Waals surface area contributed by atoms with Gasteiger partial charge in [-0.05, 0) is 56.9 Å². The first kappa shape index (κ1) is 19.6. The Labute approximate surface area is 159 Å². The second-order valence-corrected chi connectivity index (χ2v) is 7.57. The molecule has 3 rings (SSSR count). The largest absolute Gasteiger partial charge is 0.481 e. The smallest absolute Gasteiger partial charge is 0.306 e. The number of carboxylic acids is 1. The van der Waals surface area contributed by atoms with Gasteiger partial charge in [-0.2, -0.15) is 0 Å². The van der Waals surface area contributed by atoms with Crippen molar-refractivity contribution >= 4 is 17.6 Å². The number of amides is 1. The number of benzene rings is 1. The summed E-state index contributed by atoms with van der Waals surface area (Å²) in [7, 11) is 0. The van der Waals surface area contributed by atoms with Crippen molar-refractivity contribution in [2.45, 2.75) is 44.7 Å². The van der Waals surface area contributed by atoms with E-state index in [0.717, 1.165) is 44.7 Å². The zero-order chi connectivity index (χ0) is 19.4. The molecular weight excluding hydrogens is 349 g/mol. The van der Waals surface area contributed by atoms with Gasteiger partial charge in [0.1, 0.15) is 5.82 Å². The number of carbonyl (C=O) groups is 2. The Morgan fingerprint density at radius 3 is 2.22 bits per heavy atom. The Bertz CT molecular complexity index is 651. The van der Waals surface area contributed by atoms with E-state index < -0.39 is 5.97 Å². The highest BCUT2D eigenvalue weighted by molar-refractivity contribution is 5.81. The molecule has 2 N–H and O–H groups in total. The van der Waals surface area contributed by atoms with Crippen molar-refractivity contribution in [2.75, 3.05) is 31.1 Å². The van der Waals surface area contributed by atoms with Crippen molar-refractivity contribution in [1.82, 2.24) is 10.2 Å². The van der Waals surface area contributed by atoms with Crippen LogP contribution < -0.4 is 10.2 Å². The van der Waals surface area contributed by atoms with Crippen molar-refractivity contribution in [3.05, 3.63) is 30.1 Å². The Kier molecular flexibility index (Phi) is 6.31. The van der Waals surface area contributed by atoms with Gasteiger partial charge in [0.2, 0.25) is 5.91 Å². The first-order valence-electron chi connectivity index (χ1n) is 9.72. The second-order valence-electron chi connectivity index (χ2n) is 7.57. The van der Waals surface area contributed by atoms with Crippen molar-refractivity contribution < 1.29 is 19.1 Å². The zero-order valence-electron chi connectivity index (χ0n) is 15.7. The lowest BCUT2D eigenvalue weighted by atomic mass is 9.86. The molecule has 2 aliphatic rings. The molecule has 1 amide bonds. The Morgan fingerprint density at radius 1 is 1.07 bits per heavy atom. The van der Waals surface area contributed by atoms with Gasteiger partial charge in [-0.3, -0.25) is 14.5 Å². The highest BCUT2D eigenvalue weighted by atomic mass is 19.1. The molecule has 1 atom stereocenters. The van der Waals surface area contributed by atoms with Gasteiger partial charge in [0, 0.05) is 37.9 Å².